The van der Waals surface area contributed by atoms with Crippen LogP contribution in [0.15, 0.2) is 48.5 Å². The van der Waals surface area contributed by atoms with Gasteiger partial charge < -0.3 is 21.3 Å². The zero-order chi connectivity index (χ0) is 18.2. The van der Waals surface area contributed by atoms with Crippen LogP contribution in [-0.2, 0) is 9.59 Å². The molecule has 2 aromatic carbocycles. The molecule has 130 valence electrons. The van der Waals surface area contributed by atoms with E-state index >= 15 is 0 Å². The third kappa shape index (κ3) is 5.65. The fourth-order valence-corrected chi connectivity index (χ4v) is 2.18. The van der Waals surface area contributed by atoms with Crippen LogP contribution >= 0.6 is 0 Å². The molecule has 0 saturated carbocycles. The molecule has 4 N–H and O–H groups in total. The van der Waals surface area contributed by atoms with Crippen LogP contribution in [0.2, 0.25) is 0 Å². The fourth-order valence-electron chi connectivity index (χ4n) is 2.18. The SMILES string of the molecule is CNC(=O)c1cccc(NC(=O)CNc2cccc(NC(C)=O)c2)c1. The number of carbonyl (C=O) groups is 3. The van der Waals surface area contributed by atoms with Gasteiger partial charge in [0, 0.05) is 36.6 Å². The van der Waals surface area contributed by atoms with Crippen molar-refractivity contribution in [1.82, 2.24) is 5.32 Å². The molecular formula is C18H20N4O3. The number of hydrogen-bond donors (Lipinski definition) is 4. The summed E-state index contributed by atoms with van der Waals surface area (Å²) in [5.74, 6) is -0.631. The van der Waals surface area contributed by atoms with Crippen LogP contribution in [0.4, 0.5) is 17.1 Å². The maximum absolute atomic E-state index is 12.1. The van der Waals surface area contributed by atoms with E-state index in [9.17, 15) is 14.4 Å². The molecule has 0 bridgehead atoms. The Morgan fingerprint density at radius 1 is 0.880 bits per heavy atom. The van der Waals surface area contributed by atoms with Crippen molar-refractivity contribution < 1.29 is 14.4 Å². The van der Waals surface area contributed by atoms with Crippen molar-refractivity contribution in [1.29, 1.82) is 0 Å². The molecule has 0 spiro atoms. The number of rotatable bonds is 6. The van der Waals surface area contributed by atoms with Crippen molar-refractivity contribution in [3.8, 4) is 0 Å². The van der Waals surface area contributed by atoms with Gasteiger partial charge >= 0.3 is 0 Å². The Hall–Kier alpha value is -3.35. The number of carbonyl (C=O) groups excluding carboxylic acids is 3. The van der Waals surface area contributed by atoms with E-state index in [1.54, 1.807) is 55.6 Å². The van der Waals surface area contributed by atoms with Crippen LogP contribution in [0.3, 0.4) is 0 Å². The first-order valence-corrected chi connectivity index (χ1v) is 7.71. The lowest BCUT2D eigenvalue weighted by Gasteiger charge is -2.10. The number of benzene rings is 2. The first kappa shape index (κ1) is 18.0. The van der Waals surface area contributed by atoms with E-state index in [0.29, 0.717) is 22.6 Å². The van der Waals surface area contributed by atoms with E-state index in [0.717, 1.165) is 0 Å². The molecule has 0 saturated heterocycles. The lowest BCUT2D eigenvalue weighted by molar-refractivity contribution is -0.115. The molecule has 7 nitrogen and oxygen atoms in total. The zero-order valence-electron chi connectivity index (χ0n) is 14.1. The molecule has 0 aromatic heterocycles. The van der Waals surface area contributed by atoms with Gasteiger partial charge in [0.2, 0.25) is 11.8 Å². The van der Waals surface area contributed by atoms with Gasteiger partial charge in [-0.2, -0.15) is 0 Å². The minimum Gasteiger partial charge on any atom is -0.376 e. The average molecular weight is 340 g/mol. The molecule has 2 rings (SSSR count). The van der Waals surface area contributed by atoms with Gasteiger partial charge in [-0.1, -0.05) is 12.1 Å². The van der Waals surface area contributed by atoms with Crippen LogP contribution in [0, 0.1) is 0 Å². The molecule has 0 heterocycles. The second-order valence-electron chi connectivity index (χ2n) is 5.32. The Kier molecular flexibility index (Phi) is 6.11. The van der Waals surface area contributed by atoms with Crippen molar-refractivity contribution in [2.45, 2.75) is 6.92 Å². The van der Waals surface area contributed by atoms with Gasteiger partial charge in [-0.15, -0.1) is 0 Å². The van der Waals surface area contributed by atoms with Crippen LogP contribution in [0.1, 0.15) is 17.3 Å². The Labute approximate surface area is 145 Å². The van der Waals surface area contributed by atoms with Gasteiger partial charge in [0.25, 0.3) is 5.91 Å². The van der Waals surface area contributed by atoms with E-state index in [1.165, 1.54) is 6.92 Å². The molecule has 7 heteroatoms. The zero-order valence-corrected chi connectivity index (χ0v) is 14.1. The van der Waals surface area contributed by atoms with Crippen molar-refractivity contribution in [3.63, 3.8) is 0 Å². The van der Waals surface area contributed by atoms with Gasteiger partial charge in [-0.05, 0) is 36.4 Å². The third-order valence-corrected chi connectivity index (χ3v) is 3.27. The van der Waals surface area contributed by atoms with Crippen LogP contribution in [0.5, 0.6) is 0 Å². The van der Waals surface area contributed by atoms with Gasteiger partial charge in [-0.25, -0.2) is 0 Å². The molecule has 0 atom stereocenters. The molecule has 25 heavy (non-hydrogen) atoms. The van der Waals surface area contributed by atoms with Crippen molar-refractivity contribution in [2.24, 2.45) is 0 Å². The minimum absolute atomic E-state index is 0.0493. The first-order valence-electron chi connectivity index (χ1n) is 7.71. The molecule has 0 aliphatic rings. The predicted octanol–water partition coefficient (Wildman–Crippen LogP) is 2.06. The van der Waals surface area contributed by atoms with Crippen LogP contribution in [0.25, 0.3) is 0 Å². The van der Waals surface area contributed by atoms with Crippen LogP contribution in [-0.4, -0.2) is 31.3 Å². The molecule has 0 radical (unpaired) electrons. The third-order valence-electron chi connectivity index (χ3n) is 3.27. The van der Waals surface area contributed by atoms with Gasteiger partial charge in [0.15, 0.2) is 0 Å². The fraction of sp³-hybridized carbons (Fsp3) is 0.167. The highest BCUT2D eigenvalue weighted by atomic mass is 16.2. The maximum atomic E-state index is 12.1. The summed E-state index contributed by atoms with van der Waals surface area (Å²) < 4.78 is 0. The topological polar surface area (TPSA) is 99.3 Å². The second-order valence-corrected chi connectivity index (χ2v) is 5.32. The molecule has 0 aliphatic carbocycles. The smallest absolute Gasteiger partial charge is 0.251 e. The summed E-state index contributed by atoms with van der Waals surface area (Å²) in [7, 11) is 1.55. The Bertz CT molecular complexity index is 789. The van der Waals surface area contributed by atoms with E-state index in [1.807, 2.05) is 0 Å². The van der Waals surface area contributed by atoms with Crippen molar-refractivity contribution in [2.75, 3.05) is 29.5 Å². The number of anilines is 3. The van der Waals surface area contributed by atoms with Crippen molar-refractivity contribution in [3.05, 3.63) is 54.1 Å². The lowest BCUT2D eigenvalue weighted by atomic mass is 10.2. The molecule has 2 aromatic rings. The summed E-state index contributed by atoms with van der Waals surface area (Å²) in [6, 6.07) is 13.8. The highest BCUT2D eigenvalue weighted by molar-refractivity contribution is 5.98. The highest BCUT2D eigenvalue weighted by Crippen LogP contribution is 2.15. The monoisotopic (exact) mass is 340 g/mol. The lowest BCUT2D eigenvalue weighted by Crippen LogP contribution is -2.22. The number of nitrogens with one attached hydrogen (secondary N) is 4. The highest BCUT2D eigenvalue weighted by Gasteiger charge is 2.07. The van der Waals surface area contributed by atoms with Gasteiger partial charge in [-0.3, -0.25) is 14.4 Å². The van der Waals surface area contributed by atoms with Crippen LogP contribution < -0.4 is 21.3 Å². The standard InChI is InChI=1S/C18H20N4O3/c1-12(23)21-16-8-4-6-14(10-16)20-11-17(24)22-15-7-3-5-13(9-15)18(25)19-2/h3-10,20H,11H2,1-2H3,(H,19,25)(H,21,23)(H,22,24). The second kappa shape index (κ2) is 8.49. The molecule has 0 aliphatic heterocycles. The van der Waals surface area contributed by atoms with Gasteiger partial charge in [0.05, 0.1) is 6.54 Å². The minimum atomic E-state index is -0.251. The molecular weight excluding hydrogens is 320 g/mol. The van der Waals surface area contributed by atoms with E-state index in [4.69, 9.17) is 0 Å². The Morgan fingerprint density at radius 2 is 1.52 bits per heavy atom. The normalized spacial score (nSPS) is 9.84. The Morgan fingerprint density at radius 3 is 2.20 bits per heavy atom. The molecule has 0 unspecified atom stereocenters. The van der Waals surface area contributed by atoms with E-state index in [2.05, 4.69) is 21.3 Å². The summed E-state index contributed by atoms with van der Waals surface area (Å²) in [6.07, 6.45) is 0. The summed E-state index contributed by atoms with van der Waals surface area (Å²) in [5.41, 5.74) is 2.37. The Balaban J connectivity index is 1.93. The molecule has 0 fully saturated rings. The summed E-state index contributed by atoms with van der Waals surface area (Å²) in [5, 5.41) is 10.9. The quantitative estimate of drug-likeness (QED) is 0.647. The van der Waals surface area contributed by atoms with E-state index in [-0.39, 0.29) is 24.3 Å². The first-order chi connectivity index (χ1) is 12.0. The molecule has 3 amide bonds. The average Bonchev–Trinajstić information content (AvgIpc) is 2.59. The summed E-state index contributed by atoms with van der Waals surface area (Å²) in [4.78, 5) is 34.7. The maximum Gasteiger partial charge on any atom is 0.251 e. The largest absolute Gasteiger partial charge is 0.376 e. The number of amides is 3. The van der Waals surface area contributed by atoms with Crippen molar-refractivity contribution >= 4 is 34.8 Å². The van der Waals surface area contributed by atoms with E-state index < -0.39 is 0 Å². The van der Waals surface area contributed by atoms with Gasteiger partial charge in [0.1, 0.15) is 0 Å². The summed E-state index contributed by atoms with van der Waals surface area (Å²) >= 11 is 0. The summed E-state index contributed by atoms with van der Waals surface area (Å²) in [6.45, 7) is 1.48. The number of hydrogen-bond acceptors (Lipinski definition) is 4. The predicted molar refractivity (Wildman–Crippen MR) is 97.7 cm³/mol.